The van der Waals surface area contributed by atoms with Gasteiger partial charge in [0.15, 0.2) is 0 Å². The Morgan fingerprint density at radius 1 is 0.875 bits per heavy atom. The van der Waals surface area contributed by atoms with E-state index in [9.17, 15) is 13.6 Å². The average Bonchev–Trinajstić information content (AvgIpc) is 2.58. The van der Waals surface area contributed by atoms with Crippen LogP contribution in [0, 0.1) is 17.6 Å². The van der Waals surface area contributed by atoms with Gasteiger partial charge in [-0.2, -0.15) is 0 Å². The van der Waals surface area contributed by atoms with E-state index in [2.05, 4.69) is 5.32 Å². The van der Waals surface area contributed by atoms with E-state index in [0.29, 0.717) is 23.9 Å². The first-order chi connectivity index (χ1) is 11.6. The summed E-state index contributed by atoms with van der Waals surface area (Å²) in [7, 11) is 0. The SMILES string of the molecule is O=C(CC1CCC(c2ccc(F)cc2)CC1)Nc1ccc(F)cc1. The number of rotatable bonds is 4. The summed E-state index contributed by atoms with van der Waals surface area (Å²) in [5.74, 6) is 0.299. The van der Waals surface area contributed by atoms with E-state index in [1.54, 1.807) is 12.1 Å². The van der Waals surface area contributed by atoms with Gasteiger partial charge in [-0.3, -0.25) is 4.79 Å². The molecule has 0 atom stereocenters. The molecule has 1 N–H and O–H groups in total. The maximum absolute atomic E-state index is 13.0. The molecule has 0 aliphatic heterocycles. The molecule has 1 amide bonds. The lowest BCUT2D eigenvalue weighted by Crippen LogP contribution is -2.20. The number of halogens is 2. The summed E-state index contributed by atoms with van der Waals surface area (Å²) < 4.78 is 25.9. The Kier molecular flexibility index (Phi) is 5.24. The number of hydrogen-bond donors (Lipinski definition) is 1. The normalized spacial score (nSPS) is 20.6. The number of anilines is 1. The van der Waals surface area contributed by atoms with Gasteiger partial charge in [0.1, 0.15) is 11.6 Å². The molecule has 1 aliphatic carbocycles. The number of carbonyl (C=O) groups excluding carboxylic acids is 1. The van der Waals surface area contributed by atoms with Crippen molar-refractivity contribution in [3.8, 4) is 0 Å². The lowest BCUT2D eigenvalue weighted by atomic mass is 9.77. The first-order valence-electron chi connectivity index (χ1n) is 8.41. The fourth-order valence-electron chi connectivity index (χ4n) is 3.44. The number of benzene rings is 2. The van der Waals surface area contributed by atoms with E-state index in [0.717, 1.165) is 25.7 Å². The molecule has 2 aromatic rings. The number of nitrogens with one attached hydrogen (secondary N) is 1. The zero-order valence-electron chi connectivity index (χ0n) is 13.5. The van der Waals surface area contributed by atoms with Gasteiger partial charge in [-0.15, -0.1) is 0 Å². The standard InChI is InChI=1S/C20H21F2NO/c21-17-7-5-16(6-8-17)15-3-1-14(2-4-15)13-20(24)23-19-11-9-18(22)10-12-19/h5-12,14-15H,1-4,13H2,(H,23,24). The fraction of sp³-hybridized carbons (Fsp3) is 0.350. The van der Waals surface area contributed by atoms with Crippen LogP contribution in [0.3, 0.4) is 0 Å². The van der Waals surface area contributed by atoms with Gasteiger partial charge >= 0.3 is 0 Å². The predicted octanol–water partition coefficient (Wildman–Crippen LogP) is 5.27. The zero-order valence-corrected chi connectivity index (χ0v) is 13.5. The lowest BCUT2D eigenvalue weighted by molar-refractivity contribution is -0.117. The zero-order chi connectivity index (χ0) is 16.9. The largest absolute Gasteiger partial charge is 0.326 e. The van der Waals surface area contributed by atoms with Gasteiger partial charge < -0.3 is 5.32 Å². The molecule has 126 valence electrons. The summed E-state index contributed by atoms with van der Waals surface area (Å²) in [6.45, 7) is 0. The van der Waals surface area contributed by atoms with Crippen molar-refractivity contribution >= 4 is 11.6 Å². The summed E-state index contributed by atoms with van der Waals surface area (Å²) in [5.41, 5.74) is 1.81. The van der Waals surface area contributed by atoms with E-state index in [1.165, 1.54) is 29.8 Å². The van der Waals surface area contributed by atoms with E-state index in [4.69, 9.17) is 0 Å². The van der Waals surface area contributed by atoms with Crippen LogP contribution in [0.2, 0.25) is 0 Å². The molecule has 1 saturated carbocycles. The van der Waals surface area contributed by atoms with Crippen LogP contribution in [0.5, 0.6) is 0 Å². The lowest BCUT2D eigenvalue weighted by Gasteiger charge is -2.28. The molecule has 2 nitrogen and oxygen atoms in total. The fourth-order valence-corrected chi connectivity index (χ4v) is 3.44. The van der Waals surface area contributed by atoms with E-state index in [-0.39, 0.29) is 17.5 Å². The molecule has 24 heavy (non-hydrogen) atoms. The van der Waals surface area contributed by atoms with Crippen LogP contribution < -0.4 is 5.32 Å². The number of hydrogen-bond acceptors (Lipinski definition) is 1. The van der Waals surface area contributed by atoms with Gasteiger partial charge in [0.05, 0.1) is 0 Å². The van der Waals surface area contributed by atoms with Crippen LogP contribution in [0.1, 0.15) is 43.6 Å². The summed E-state index contributed by atoms with van der Waals surface area (Å²) >= 11 is 0. The van der Waals surface area contributed by atoms with Crippen LogP contribution in [0.25, 0.3) is 0 Å². The third-order valence-corrected chi connectivity index (χ3v) is 4.79. The van der Waals surface area contributed by atoms with Gasteiger partial charge in [0.2, 0.25) is 5.91 Å². The van der Waals surface area contributed by atoms with Crippen molar-refractivity contribution in [1.29, 1.82) is 0 Å². The first kappa shape index (κ1) is 16.6. The topological polar surface area (TPSA) is 29.1 Å². The third kappa shape index (κ3) is 4.40. The van der Waals surface area contributed by atoms with Crippen molar-refractivity contribution in [2.24, 2.45) is 5.92 Å². The molecule has 4 heteroatoms. The molecule has 1 fully saturated rings. The highest BCUT2D eigenvalue weighted by molar-refractivity contribution is 5.90. The molecule has 0 bridgehead atoms. The maximum Gasteiger partial charge on any atom is 0.224 e. The summed E-state index contributed by atoms with van der Waals surface area (Å²) in [5, 5.41) is 2.82. The molecule has 0 radical (unpaired) electrons. The Morgan fingerprint density at radius 2 is 1.42 bits per heavy atom. The molecule has 0 unspecified atom stereocenters. The van der Waals surface area contributed by atoms with Gasteiger partial charge in [0, 0.05) is 12.1 Å². The predicted molar refractivity (Wildman–Crippen MR) is 90.7 cm³/mol. The highest BCUT2D eigenvalue weighted by Crippen LogP contribution is 2.37. The van der Waals surface area contributed by atoms with Crippen molar-refractivity contribution in [2.45, 2.75) is 38.0 Å². The summed E-state index contributed by atoms with van der Waals surface area (Å²) in [6.07, 6.45) is 4.55. The first-order valence-corrected chi connectivity index (χ1v) is 8.41. The van der Waals surface area contributed by atoms with E-state index >= 15 is 0 Å². The third-order valence-electron chi connectivity index (χ3n) is 4.79. The van der Waals surface area contributed by atoms with Crippen LogP contribution in [0.15, 0.2) is 48.5 Å². The van der Waals surface area contributed by atoms with Crippen molar-refractivity contribution < 1.29 is 13.6 Å². The molecular formula is C20H21F2NO. The van der Waals surface area contributed by atoms with Gasteiger partial charge in [-0.1, -0.05) is 12.1 Å². The quantitative estimate of drug-likeness (QED) is 0.813. The Bertz CT molecular complexity index is 674. The highest BCUT2D eigenvalue weighted by Gasteiger charge is 2.24. The number of carbonyl (C=O) groups is 1. The second-order valence-corrected chi connectivity index (χ2v) is 6.53. The Labute approximate surface area is 140 Å². The van der Waals surface area contributed by atoms with Crippen LogP contribution in [-0.4, -0.2) is 5.91 Å². The van der Waals surface area contributed by atoms with Crippen molar-refractivity contribution in [2.75, 3.05) is 5.32 Å². The van der Waals surface area contributed by atoms with Crippen molar-refractivity contribution in [3.05, 3.63) is 65.7 Å². The minimum atomic E-state index is -0.313. The maximum atomic E-state index is 13.0. The molecule has 2 aromatic carbocycles. The number of amides is 1. The molecule has 1 aliphatic rings. The van der Waals surface area contributed by atoms with Gasteiger partial charge in [0.25, 0.3) is 0 Å². The molecule has 3 rings (SSSR count). The van der Waals surface area contributed by atoms with Crippen LogP contribution in [0.4, 0.5) is 14.5 Å². The van der Waals surface area contributed by atoms with Gasteiger partial charge in [-0.05, 0) is 79.5 Å². The Balaban J connectivity index is 1.47. The van der Waals surface area contributed by atoms with Crippen molar-refractivity contribution in [1.82, 2.24) is 0 Å². The molecular weight excluding hydrogens is 308 g/mol. The highest BCUT2D eigenvalue weighted by atomic mass is 19.1. The average molecular weight is 329 g/mol. The second-order valence-electron chi connectivity index (χ2n) is 6.53. The van der Waals surface area contributed by atoms with Gasteiger partial charge in [-0.25, -0.2) is 8.78 Å². The molecule has 0 saturated heterocycles. The summed E-state index contributed by atoms with van der Waals surface area (Å²) in [6, 6.07) is 12.6. The monoisotopic (exact) mass is 329 g/mol. The van der Waals surface area contributed by atoms with E-state index < -0.39 is 0 Å². The summed E-state index contributed by atoms with van der Waals surface area (Å²) in [4.78, 5) is 12.1. The molecule has 0 heterocycles. The van der Waals surface area contributed by atoms with Crippen LogP contribution in [-0.2, 0) is 4.79 Å². The minimum absolute atomic E-state index is 0.0214. The van der Waals surface area contributed by atoms with Crippen LogP contribution >= 0.6 is 0 Å². The van der Waals surface area contributed by atoms with Crippen molar-refractivity contribution in [3.63, 3.8) is 0 Å². The second kappa shape index (κ2) is 7.56. The van der Waals surface area contributed by atoms with E-state index in [1.807, 2.05) is 12.1 Å². The molecule has 0 aromatic heterocycles. The Hall–Kier alpha value is -2.23. The smallest absolute Gasteiger partial charge is 0.224 e. The minimum Gasteiger partial charge on any atom is -0.326 e. The molecule has 0 spiro atoms. The Morgan fingerprint density at radius 3 is 2.00 bits per heavy atom.